The van der Waals surface area contributed by atoms with Gasteiger partial charge >= 0.3 is 0 Å². The first kappa shape index (κ1) is 20.3. The average molecular weight is 426 g/mol. The minimum atomic E-state index is -0.379. The van der Waals surface area contributed by atoms with Crippen molar-refractivity contribution < 1.29 is 4.39 Å². The molecule has 0 saturated carbocycles. The predicted octanol–water partition coefficient (Wildman–Crippen LogP) is 3.86. The zero-order valence-corrected chi connectivity index (χ0v) is 17.9. The smallest absolute Gasteiger partial charge is 0.161 e. The monoisotopic (exact) mass is 425 g/mol. The Balaban J connectivity index is 0.00000218. The number of nitrogens with zero attached hydrogens (tertiary/aromatic N) is 5. The van der Waals surface area contributed by atoms with Gasteiger partial charge in [-0.3, -0.25) is 4.98 Å². The van der Waals surface area contributed by atoms with Gasteiger partial charge in [-0.1, -0.05) is 13.8 Å². The number of rotatable bonds is 4. The summed E-state index contributed by atoms with van der Waals surface area (Å²) in [5.74, 6) is 0.737. The number of pyridine rings is 1. The fourth-order valence-electron chi connectivity index (χ4n) is 3.92. The summed E-state index contributed by atoms with van der Waals surface area (Å²) in [4.78, 5) is 16.4. The number of fused-ring (bicyclic) bond motifs is 2. The predicted molar refractivity (Wildman–Crippen MR) is 119 cm³/mol. The van der Waals surface area contributed by atoms with Gasteiger partial charge in [-0.25, -0.2) is 14.4 Å². The van der Waals surface area contributed by atoms with Gasteiger partial charge in [0, 0.05) is 41.5 Å². The number of halogens is 1. The lowest BCUT2D eigenvalue weighted by Gasteiger charge is -2.24. The molecule has 9 heteroatoms. The van der Waals surface area contributed by atoms with Crippen LogP contribution in [0, 0.1) is 5.82 Å². The topological polar surface area (TPSA) is 83.8 Å². The fourth-order valence-corrected chi connectivity index (χ4v) is 3.92. The van der Waals surface area contributed by atoms with Crippen LogP contribution >= 0.6 is 13.5 Å². The molecule has 30 heavy (non-hydrogen) atoms. The molecule has 0 unspecified atom stereocenters. The number of imidazole rings is 1. The Bertz CT molecular complexity index is 1180. The van der Waals surface area contributed by atoms with Crippen LogP contribution in [0.2, 0.25) is 0 Å². The summed E-state index contributed by atoms with van der Waals surface area (Å²) >= 11 is 0. The quantitative estimate of drug-likeness (QED) is 0.519. The molecule has 4 aromatic heterocycles. The molecule has 0 amide bonds. The first-order chi connectivity index (χ1) is 14.1. The van der Waals surface area contributed by atoms with Gasteiger partial charge in [0.15, 0.2) is 5.65 Å². The summed E-state index contributed by atoms with van der Waals surface area (Å²) in [7, 11) is 0. The summed E-state index contributed by atoms with van der Waals surface area (Å²) in [5, 5.41) is 8.20. The van der Waals surface area contributed by atoms with Gasteiger partial charge in [0.05, 0.1) is 30.1 Å². The Morgan fingerprint density at radius 3 is 2.90 bits per heavy atom. The van der Waals surface area contributed by atoms with Crippen LogP contribution in [-0.2, 0) is 12.8 Å². The zero-order valence-electron chi connectivity index (χ0n) is 16.9. The molecule has 0 radical (unpaired) electrons. The van der Waals surface area contributed by atoms with Gasteiger partial charge in [0.1, 0.15) is 11.6 Å². The molecule has 0 spiro atoms. The lowest BCUT2D eigenvalue weighted by atomic mass is 9.96. The summed E-state index contributed by atoms with van der Waals surface area (Å²) in [6.07, 6.45) is 9.24. The van der Waals surface area contributed by atoms with Gasteiger partial charge in [-0.05, 0) is 24.8 Å². The van der Waals surface area contributed by atoms with E-state index in [-0.39, 0.29) is 31.3 Å². The van der Waals surface area contributed by atoms with E-state index in [1.807, 2.05) is 16.8 Å². The van der Waals surface area contributed by atoms with Crippen molar-refractivity contribution in [3.63, 3.8) is 0 Å². The van der Waals surface area contributed by atoms with Gasteiger partial charge in [0.25, 0.3) is 0 Å². The molecule has 0 fully saturated rings. The third kappa shape index (κ3) is 3.65. The van der Waals surface area contributed by atoms with Crippen molar-refractivity contribution in [1.29, 1.82) is 0 Å². The molecule has 5 rings (SSSR count). The second-order valence-electron chi connectivity index (χ2n) is 7.82. The number of aromatic amines is 1. The Kier molecular flexibility index (Phi) is 5.46. The van der Waals surface area contributed by atoms with Gasteiger partial charge in [-0.2, -0.15) is 23.1 Å². The van der Waals surface area contributed by atoms with E-state index >= 15 is 0 Å². The highest BCUT2D eigenvalue weighted by atomic mass is 32.1. The molecule has 0 saturated heterocycles. The van der Waals surface area contributed by atoms with Crippen LogP contribution in [0.25, 0.3) is 16.9 Å². The van der Waals surface area contributed by atoms with Crippen molar-refractivity contribution in [2.24, 2.45) is 0 Å². The SMILES string of the molecule is CC(C)c1cnn2c(N[C@H]3CCc4nc[nH]c4C3)cc(-c3cncc(F)c3)nc12.S. The lowest BCUT2D eigenvalue weighted by Crippen LogP contribution is -2.28. The van der Waals surface area contributed by atoms with Crippen LogP contribution < -0.4 is 5.32 Å². The lowest BCUT2D eigenvalue weighted by molar-refractivity contribution is 0.593. The third-order valence-corrected chi connectivity index (χ3v) is 5.46. The molecular weight excluding hydrogens is 401 g/mol. The molecule has 1 aliphatic carbocycles. The Morgan fingerprint density at radius 1 is 1.23 bits per heavy atom. The summed E-state index contributed by atoms with van der Waals surface area (Å²) in [6, 6.07) is 3.63. The highest BCUT2D eigenvalue weighted by molar-refractivity contribution is 7.59. The standard InChI is InChI=1S/C21H22FN7.H2S/c1-12(2)16-10-26-29-20(27-15-3-4-17-19(6-15)25-11-24-17)7-18(28-21(16)29)13-5-14(22)9-23-8-13;/h5,7-12,15,27H,3-4,6H2,1-2H3,(H,24,25);1H2/t15-;/m0./s1. The van der Waals surface area contributed by atoms with Gasteiger partial charge < -0.3 is 10.3 Å². The molecule has 1 atom stereocenters. The molecule has 1 aliphatic rings. The number of nitrogens with one attached hydrogen (secondary N) is 2. The normalized spacial score (nSPS) is 15.8. The summed E-state index contributed by atoms with van der Waals surface area (Å²) < 4.78 is 15.6. The Hall–Kier alpha value is -2.94. The van der Waals surface area contributed by atoms with Crippen molar-refractivity contribution in [2.75, 3.05) is 5.32 Å². The Morgan fingerprint density at radius 2 is 2.10 bits per heavy atom. The largest absolute Gasteiger partial charge is 0.367 e. The Labute approximate surface area is 180 Å². The molecule has 156 valence electrons. The first-order valence-corrected chi connectivity index (χ1v) is 9.85. The fraction of sp³-hybridized carbons (Fsp3) is 0.333. The molecule has 0 aromatic carbocycles. The summed E-state index contributed by atoms with van der Waals surface area (Å²) in [5.41, 5.74) is 5.48. The number of aryl methyl sites for hydroxylation is 1. The molecular formula is C21H24FN7S. The van der Waals surface area contributed by atoms with E-state index in [2.05, 4.69) is 39.2 Å². The number of hydrogen-bond donors (Lipinski definition) is 2. The van der Waals surface area contributed by atoms with Gasteiger partial charge in [-0.15, -0.1) is 0 Å². The van der Waals surface area contributed by atoms with Crippen molar-refractivity contribution in [1.82, 2.24) is 29.5 Å². The second-order valence-corrected chi connectivity index (χ2v) is 7.82. The van der Waals surface area contributed by atoms with Crippen molar-refractivity contribution in [2.45, 2.75) is 45.1 Å². The minimum absolute atomic E-state index is 0. The van der Waals surface area contributed by atoms with Crippen molar-refractivity contribution >= 4 is 25.0 Å². The maximum Gasteiger partial charge on any atom is 0.161 e. The molecule has 2 N–H and O–H groups in total. The van der Waals surface area contributed by atoms with E-state index in [4.69, 9.17) is 4.98 Å². The number of anilines is 1. The van der Waals surface area contributed by atoms with E-state index in [0.717, 1.165) is 42.0 Å². The molecule has 4 heterocycles. The number of hydrogen-bond acceptors (Lipinski definition) is 5. The highest BCUT2D eigenvalue weighted by Gasteiger charge is 2.22. The van der Waals surface area contributed by atoms with E-state index in [9.17, 15) is 4.39 Å². The van der Waals surface area contributed by atoms with Crippen LogP contribution in [0.15, 0.2) is 37.1 Å². The van der Waals surface area contributed by atoms with E-state index < -0.39 is 0 Å². The maximum atomic E-state index is 13.8. The van der Waals surface area contributed by atoms with E-state index in [1.54, 1.807) is 12.5 Å². The minimum Gasteiger partial charge on any atom is -0.367 e. The molecule has 4 aromatic rings. The second kappa shape index (κ2) is 8.06. The van der Waals surface area contributed by atoms with Crippen molar-refractivity contribution in [3.05, 3.63) is 59.8 Å². The zero-order chi connectivity index (χ0) is 20.0. The molecule has 0 aliphatic heterocycles. The number of H-pyrrole nitrogens is 1. The van der Waals surface area contributed by atoms with Crippen LogP contribution in [0.1, 0.15) is 43.1 Å². The number of aromatic nitrogens is 6. The third-order valence-electron chi connectivity index (χ3n) is 5.46. The van der Waals surface area contributed by atoms with Crippen LogP contribution in [0.4, 0.5) is 10.2 Å². The van der Waals surface area contributed by atoms with Crippen LogP contribution in [-0.4, -0.2) is 35.6 Å². The van der Waals surface area contributed by atoms with E-state index in [1.165, 1.54) is 18.0 Å². The maximum absolute atomic E-state index is 13.8. The molecule has 0 bridgehead atoms. The van der Waals surface area contributed by atoms with Gasteiger partial charge in [0.2, 0.25) is 0 Å². The molecule has 7 nitrogen and oxygen atoms in total. The first-order valence-electron chi connectivity index (χ1n) is 9.85. The highest BCUT2D eigenvalue weighted by Crippen LogP contribution is 2.28. The van der Waals surface area contributed by atoms with E-state index in [0.29, 0.717) is 11.3 Å². The van der Waals surface area contributed by atoms with Crippen LogP contribution in [0.3, 0.4) is 0 Å². The van der Waals surface area contributed by atoms with Crippen LogP contribution in [0.5, 0.6) is 0 Å². The summed E-state index contributed by atoms with van der Waals surface area (Å²) in [6.45, 7) is 4.23. The van der Waals surface area contributed by atoms with Crippen molar-refractivity contribution in [3.8, 4) is 11.3 Å². The average Bonchev–Trinajstić information content (AvgIpc) is 3.34.